The first-order valence-electron chi connectivity index (χ1n) is 7.40. The van der Waals surface area contributed by atoms with Crippen molar-refractivity contribution in [3.05, 3.63) is 34.1 Å². The van der Waals surface area contributed by atoms with Crippen LogP contribution in [0, 0.1) is 0 Å². The number of hydrogen-bond donors (Lipinski definition) is 0. The van der Waals surface area contributed by atoms with E-state index in [9.17, 15) is 18.0 Å². The summed E-state index contributed by atoms with van der Waals surface area (Å²) in [5.41, 5.74) is 0.385. The van der Waals surface area contributed by atoms with Crippen LogP contribution in [0.1, 0.15) is 21.8 Å². The van der Waals surface area contributed by atoms with Gasteiger partial charge >= 0.3 is 6.18 Å². The Morgan fingerprint density at radius 2 is 1.96 bits per heavy atom. The molecule has 0 bridgehead atoms. The molecule has 2 aromatic heterocycles. The number of rotatable bonds is 2. The molecule has 1 fully saturated rings. The summed E-state index contributed by atoms with van der Waals surface area (Å²) in [4.78, 5) is 19.8. The maximum Gasteiger partial charge on any atom is 0.445 e. The second kappa shape index (κ2) is 7.12. The largest absolute Gasteiger partial charge is 0.445 e. The van der Waals surface area contributed by atoms with Gasteiger partial charge in [-0.25, -0.2) is 0 Å². The van der Waals surface area contributed by atoms with Crippen molar-refractivity contribution in [2.24, 2.45) is 0 Å². The highest BCUT2D eigenvalue weighted by Crippen LogP contribution is 2.34. The van der Waals surface area contributed by atoms with E-state index in [0.29, 0.717) is 54.5 Å². The molecule has 1 aliphatic rings. The van der Waals surface area contributed by atoms with Gasteiger partial charge in [-0.3, -0.25) is 9.78 Å². The van der Waals surface area contributed by atoms with Crippen molar-refractivity contribution in [1.82, 2.24) is 20.1 Å². The molecule has 1 saturated heterocycles. The molecule has 1 aliphatic heterocycles. The Labute approximate surface area is 150 Å². The van der Waals surface area contributed by atoms with Crippen molar-refractivity contribution in [2.75, 3.05) is 31.1 Å². The van der Waals surface area contributed by atoms with Crippen LogP contribution in [0.15, 0.2) is 18.5 Å². The minimum atomic E-state index is -4.50. The van der Waals surface area contributed by atoms with Gasteiger partial charge in [0, 0.05) is 38.6 Å². The maximum absolute atomic E-state index is 12.7. The maximum atomic E-state index is 12.7. The van der Waals surface area contributed by atoms with Crippen molar-refractivity contribution in [3.63, 3.8) is 0 Å². The van der Waals surface area contributed by atoms with Crippen molar-refractivity contribution in [2.45, 2.75) is 12.6 Å². The minimum absolute atomic E-state index is 0.204. The summed E-state index contributed by atoms with van der Waals surface area (Å²) >= 11 is 6.37. The number of amides is 1. The molecule has 6 nitrogen and oxygen atoms in total. The van der Waals surface area contributed by atoms with Crippen molar-refractivity contribution in [1.29, 1.82) is 0 Å². The summed E-state index contributed by atoms with van der Waals surface area (Å²) in [6.45, 7) is 1.75. The average Bonchev–Trinajstić information content (AvgIpc) is 2.94. The molecule has 3 heterocycles. The van der Waals surface area contributed by atoms with Crippen molar-refractivity contribution in [3.8, 4) is 0 Å². The van der Waals surface area contributed by atoms with Crippen LogP contribution in [0.2, 0.25) is 5.02 Å². The van der Waals surface area contributed by atoms with E-state index in [4.69, 9.17) is 11.6 Å². The lowest BCUT2D eigenvalue weighted by molar-refractivity contribution is -0.138. The van der Waals surface area contributed by atoms with Crippen LogP contribution in [0.25, 0.3) is 0 Å². The Hall–Kier alpha value is -1.94. The van der Waals surface area contributed by atoms with E-state index in [2.05, 4.69) is 15.2 Å². The molecule has 1 amide bonds. The average molecular weight is 392 g/mol. The first kappa shape index (κ1) is 17.9. The molecule has 134 valence electrons. The fraction of sp³-hybridized carbons (Fsp3) is 0.429. The quantitative estimate of drug-likeness (QED) is 0.787. The normalized spacial score (nSPS) is 16.0. The van der Waals surface area contributed by atoms with Crippen LogP contribution < -0.4 is 4.90 Å². The zero-order valence-corrected chi connectivity index (χ0v) is 14.4. The first-order valence-corrected chi connectivity index (χ1v) is 8.59. The number of alkyl halides is 3. The fourth-order valence-electron chi connectivity index (χ4n) is 2.48. The van der Waals surface area contributed by atoms with Gasteiger partial charge in [0.05, 0.1) is 10.6 Å². The van der Waals surface area contributed by atoms with E-state index >= 15 is 0 Å². The Kier molecular flexibility index (Phi) is 5.09. The third-order valence-corrected chi connectivity index (χ3v) is 4.90. The summed E-state index contributed by atoms with van der Waals surface area (Å²) in [6.07, 6.45) is -1.00. The van der Waals surface area contributed by atoms with Gasteiger partial charge in [-0.2, -0.15) is 13.2 Å². The SMILES string of the molecule is O=C(c1cncc(Cl)c1)N1CCCN(c2nnc(C(F)(F)F)s2)CC1. The number of carbonyl (C=O) groups excluding carboxylic acids is 1. The van der Waals surface area contributed by atoms with Gasteiger partial charge in [0.1, 0.15) is 0 Å². The molecule has 0 unspecified atom stereocenters. The first-order chi connectivity index (χ1) is 11.8. The van der Waals surface area contributed by atoms with E-state index in [0.717, 1.165) is 0 Å². The van der Waals surface area contributed by atoms with E-state index < -0.39 is 11.2 Å². The van der Waals surface area contributed by atoms with Gasteiger partial charge in [0.25, 0.3) is 5.91 Å². The van der Waals surface area contributed by atoms with Gasteiger partial charge in [0.2, 0.25) is 10.1 Å². The summed E-state index contributed by atoms with van der Waals surface area (Å²) in [5, 5.41) is 6.45. The molecule has 0 spiro atoms. The number of hydrogen-bond acceptors (Lipinski definition) is 6. The van der Waals surface area contributed by atoms with Crippen LogP contribution in [-0.2, 0) is 6.18 Å². The molecular formula is C14H13ClF3N5OS. The molecular weight excluding hydrogens is 379 g/mol. The highest BCUT2D eigenvalue weighted by molar-refractivity contribution is 7.15. The van der Waals surface area contributed by atoms with Crippen LogP contribution in [0.4, 0.5) is 18.3 Å². The zero-order chi connectivity index (χ0) is 18.0. The van der Waals surface area contributed by atoms with Crippen molar-refractivity contribution >= 4 is 34.0 Å². The molecule has 0 N–H and O–H groups in total. The van der Waals surface area contributed by atoms with Gasteiger partial charge in [0.15, 0.2) is 0 Å². The summed E-state index contributed by atoms with van der Waals surface area (Å²) in [7, 11) is 0. The third kappa shape index (κ3) is 4.18. The molecule has 11 heteroatoms. The Morgan fingerprint density at radius 1 is 1.16 bits per heavy atom. The lowest BCUT2D eigenvalue weighted by atomic mass is 10.2. The molecule has 0 radical (unpaired) electrons. The topological polar surface area (TPSA) is 62.2 Å². The molecule has 3 rings (SSSR count). The van der Waals surface area contributed by atoms with E-state index in [-0.39, 0.29) is 11.0 Å². The predicted octanol–water partition coefficient (Wildman–Crippen LogP) is 2.96. The van der Waals surface area contributed by atoms with Gasteiger partial charge < -0.3 is 9.80 Å². The molecule has 0 saturated carbocycles. The Bertz CT molecular complexity index is 769. The Morgan fingerprint density at radius 3 is 2.64 bits per heavy atom. The molecule has 0 atom stereocenters. The molecule has 0 aromatic carbocycles. The highest BCUT2D eigenvalue weighted by atomic mass is 35.5. The van der Waals surface area contributed by atoms with Gasteiger partial charge in [-0.05, 0) is 12.5 Å². The zero-order valence-electron chi connectivity index (χ0n) is 12.8. The second-order valence-electron chi connectivity index (χ2n) is 5.41. The minimum Gasteiger partial charge on any atom is -0.345 e. The predicted molar refractivity (Wildman–Crippen MR) is 86.9 cm³/mol. The van der Waals surface area contributed by atoms with Crippen LogP contribution >= 0.6 is 22.9 Å². The number of pyridine rings is 1. The van der Waals surface area contributed by atoms with Gasteiger partial charge in [-0.1, -0.05) is 22.9 Å². The van der Waals surface area contributed by atoms with Crippen LogP contribution in [-0.4, -0.2) is 52.2 Å². The number of anilines is 1. The summed E-state index contributed by atoms with van der Waals surface area (Å²) in [6, 6.07) is 1.54. The molecule has 0 aliphatic carbocycles. The lowest BCUT2D eigenvalue weighted by Crippen LogP contribution is -2.35. The lowest BCUT2D eigenvalue weighted by Gasteiger charge is -2.21. The van der Waals surface area contributed by atoms with Crippen molar-refractivity contribution < 1.29 is 18.0 Å². The standard InChI is InChI=1S/C14H13ClF3N5OS/c15-10-6-9(7-19-8-10)11(24)22-2-1-3-23(5-4-22)13-21-20-12(25-13)14(16,17)18/h6-8H,1-5H2. The second-order valence-corrected chi connectivity index (χ2v) is 6.80. The summed E-state index contributed by atoms with van der Waals surface area (Å²) < 4.78 is 38.0. The molecule has 25 heavy (non-hydrogen) atoms. The number of aromatic nitrogens is 3. The van der Waals surface area contributed by atoms with Crippen LogP contribution in [0.5, 0.6) is 0 Å². The highest BCUT2D eigenvalue weighted by Gasteiger charge is 2.36. The monoisotopic (exact) mass is 391 g/mol. The number of carbonyl (C=O) groups is 1. The molecule has 2 aromatic rings. The summed E-state index contributed by atoms with van der Waals surface area (Å²) in [5.74, 6) is -0.204. The van der Waals surface area contributed by atoms with E-state index in [1.54, 1.807) is 15.9 Å². The van der Waals surface area contributed by atoms with E-state index in [1.807, 2.05) is 0 Å². The number of nitrogens with zero attached hydrogens (tertiary/aromatic N) is 5. The fourth-order valence-corrected chi connectivity index (χ4v) is 3.42. The number of halogens is 4. The van der Waals surface area contributed by atoms with Crippen LogP contribution in [0.3, 0.4) is 0 Å². The Balaban J connectivity index is 1.68. The third-order valence-electron chi connectivity index (χ3n) is 3.66. The smallest absolute Gasteiger partial charge is 0.345 e. The van der Waals surface area contributed by atoms with Gasteiger partial charge in [-0.15, -0.1) is 10.2 Å². The van der Waals surface area contributed by atoms with E-state index in [1.165, 1.54) is 12.4 Å².